The van der Waals surface area contributed by atoms with Crippen LogP contribution < -0.4 is 5.32 Å². The van der Waals surface area contributed by atoms with Crippen molar-refractivity contribution in [1.82, 2.24) is 15.2 Å². The number of hydrogen-bond acceptors (Lipinski definition) is 2. The van der Waals surface area contributed by atoms with Crippen LogP contribution in [0.2, 0.25) is 0 Å². The normalized spacial score (nSPS) is 18.4. The fourth-order valence-corrected chi connectivity index (χ4v) is 3.03. The molecule has 2 aromatic rings. The van der Waals surface area contributed by atoms with Gasteiger partial charge in [-0.2, -0.15) is 0 Å². The number of benzene rings is 1. The van der Waals surface area contributed by atoms with E-state index in [1.165, 1.54) is 16.6 Å². The van der Waals surface area contributed by atoms with Crippen LogP contribution in [-0.4, -0.2) is 39.8 Å². The molecule has 0 saturated carbocycles. The summed E-state index contributed by atoms with van der Waals surface area (Å²) in [5.74, 6) is 0. The van der Waals surface area contributed by atoms with E-state index in [-0.39, 0.29) is 12.6 Å². The molecule has 1 unspecified atom stereocenters. The molecule has 100 valence electrons. The van der Waals surface area contributed by atoms with Crippen LogP contribution in [-0.2, 0) is 13.0 Å². The molecule has 0 saturated heterocycles. The van der Waals surface area contributed by atoms with Crippen molar-refractivity contribution >= 4 is 28.2 Å². The number of hydrogen-bond donors (Lipinski definition) is 3. The molecular formula is C14H17N3OS. The van der Waals surface area contributed by atoms with E-state index in [2.05, 4.69) is 28.5 Å². The minimum Gasteiger partial charge on any atom is -0.394 e. The summed E-state index contributed by atoms with van der Waals surface area (Å²) in [6, 6.07) is 8.35. The van der Waals surface area contributed by atoms with Gasteiger partial charge in [0.15, 0.2) is 5.11 Å². The summed E-state index contributed by atoms with van der Waals surface area (Å²) in [5.41, 5.74) is 3.66. The van der Waals surface area contributed by atoms with Gasteiger partial charge in [0, 0.05) is 23.6 Å². The fraction of sp³-hybridized carbons (Fsp3) is 0.357. The summed E-state index contributed by atoms with van der Waals surface area (Å²) in [6.07, 6.45) is 0.817. The van der Waals surface area contributed by atoms with E-state index in [9.17, 15) is 5.11 Å². The van der Waals surface area contributed by atoms with E-state index in [1.54, 1.807) is 0 Å². The van der Waals surface area contributed by atoms with Crippen molar-refractivity contribution in [2.24, 2.45) is 0 Å². The zero-order chi connectivity index (χ0) is 13.4. The van der Waals surface area contributed by atoms with E-state index in [1.807, 2.05) is 18.0 Å². The molecule has 3 rings (SSSR count). The second-order valence-electron chi connectivity index (χ2n) is 4.85. The Morgan fingerprint density at radius 1 is 1.53 bits per heavy atom. The van der Waals surface area contributed by atoms with E-state index in [0.717, 1.165) is 18.5 Å². The number of fused-ring (bicyclic) bond motifs is 3. The number of H-pyrrole nitrogens is 1. The maximum absolute atomic E-state index is 9.60. The first-order valence-electron chi connectivity index (χ1n) is 6.42. The van der Waals surface area contributed by atoms with E-state index in [0.29, 0.717) is 5.11 Å². The quantitative estimate of drug-likeness (QED) is 0.689. The van der Waals surface area contributed by atoms with Crippen molar-refractivity contribution in [3.63, 3.8) is 0 Å². The van der Waals surface area contributed by atoms with Crippen molar-refractivity contribution in [3.8, 4) is 0 Å². The first-order valence-corrected chi connectivity index (χ1v) is 6.83. The van der Waals surface area contributed by atoms with E-state index in [4.69, 9.17) is 12.2 Å². The molecule has 0 radical (unpaired) electrons. The van der Waals surface area contributed by atoms with Crippen LogP contribution in [0.3, 0.4) is 0 Å². The van der Waals surface area contributed by atoms with Crippen molar-refractivity contribution in [1.29, 1.82) is 0 Å². The number of aliphatic hydroxyl groups is 1. The molecule has 19 heavy (non-hydrogen) atoms. The number of nitrogens with zero attached hydrogens (tertiary/aromatic N) is 1. The Morgan fingerprint density at radius 3 is 3.05 bits per heavy atom. The Bertz CT molecular complexity index is 622. The molecular weight excluding hydrogens is 258 g/mol. The summed E-state index contributed by atoms with van der Waals surface area (Å²) in [4.78, 5) is 5.51. The maximum Gasteiger partial charge on any atom is 0.169 e. The number of para-hydroxylation sites is 1. The molecule has 3 N–H and O–H groups in total. The number of aromatic amines is 1. The minimum absolute atomic E-state index is 0.0478. The zero-order valence-electron chi connectivity index (χ0n) is 10.8. The molecule has 0 aliphatic carbocycles. The molecule has 0 spiro atoms. The number of aromatic nitrogens is 1. The van der Waals surface area contributed by atoms with Crippen molar-refractivity contribution in [2.75, 3.05) is 13.7 Å². The SMILES string of the molecule is CNC(=S)N1Cc2[nH]c3ccccc3c2CC1CO. The van der Waals surface area contributed by atoms with Crippen LogP contribution in [0, 0.1) is 0 Å². The highest BCUT2D eigenvalue weighted by atomic mass is 32.1. The molecule has 0 amide bonds. The Morgan fingerprint density at radius 2 is 2.32 bits per heavy atom. The van der Waals surface area contributed by atoms with Crippen molar-refractivity contribution in [3.05, 3.63) is 35.5 Å². The molecule has 1 atom stereocenters. The Hall–Kier alpha value is -1.59. The molecule has 4 nitrogen and oxygen atoms in total. The molecule has 0 bridgehead atoms. The monoisotopic (exact) mass is 275 g/mol. The molecule has 1 aliphatic heterocycles. The third-order valence-corrected chi connectivity index (χ3v) is 4.24. The summed E-state index contributed by atoms with van der Waals surface area (Å²) < 4.78 is 0. The van der Waals surface area contributed by atoms with Gasteiger partial charge in [0.2, 0.25) is 0 Å². The highest BCUT2D eigenvalue weighted by Gasteiger charge is 2.29. The maximum atomic E-state index is 9.60. The van der Waals surface area contributed by atoms with Gasteiger partial charge in [-0.15, -0.1) is 0 Å². The minimum atomic E-state index is 0.0478. The Labute approximate surface area is 117 Å². The van der Waals surface area contributed by atoms with Gasteiger partial charge in [-0.1, -0.05) is 18.2 Å². The Balaban J connectivity index is 2.05. The lowest BCUT2D eigenvalue weighted by Gasteiger charge is -2.36. The van der Waals surface area contributed by atoms with Crippen molar-refractivity contribution < 1.29 is 5.11 Å². The number of rotatable bonds is 1. The van der Waals surface area contributed by atoms with Crippen LogP contribution in [0.4, 0.5) is 0 Å². The average molecular weight is 275 g/mol. The molecule has 1 aromatic carbocycles. The van der Waals surface area contributed by atoms with Gasteiger partial charge in [0.1, 0.15) is 0 Å². The predicted molar refractivity (Wildman–Crippen MR) is 80.1 cm³/mol. The van der Waals surface area contributed by atoms with Gasteiger partial charge >= 0.3 is 0 Å². The van der Waals surface area contributed by atoms with Crippen LogP contribution in [0.15, 0.2) is 24.3 Å². The lowest BCUT2D eigenvalue weighted by Crippen LogP contribution is -2.49. The lowest BCUT2D eigenvalue weighted by molar-refractivity contribution is 0.165. The fourth-order valence-electron chi connectivity index (χ4n) is 2.81. The summed E-state index contributed by atoms with van der Waals surface area (Å²) >= 11 is 5.32. The number of nitrogens with one attached hydrogen (secondary N) is 2. The van der Waals surface area contributed by atoms with Crippen molar-refractivity contribution in [2.45, 2.75) is 19.0 Å². The highest BCUT2D eigenvalue weighted by Crippen LogP contribution is 2.30. The predicted octanol–water partition coefficient (Wildman–Crippen LogP) is 1.39. The number of thiocarbonyl (C=S) groups is 1. The first-order chi connectivity index (χ1) is 9.24. The van der Waals surface area contributed by atoms with Gasteiger partial charge in [-0.3, -0.25) is 0 Å². The second kappa shape index (κ2) is 4.83. The molecule has 1 aromatic heterocycles. The molecule has 2 heterocycles. The van der Waals surface area contributed by atoms with Crippen LogP contribution in [0.5, 0.6) is 0 Å². The second-order valence-corrected chi connectivity index (χ2v) is 5.24. The summed E-state index contributed by atoms with van der Waals surface area (Å²) in [6.45, 7) is 0.829. The average Bonchev–Trinajstić information content (AvgIpc) is 2.82. The Kier molecular flexibility index (Phi) is 3.16. The van der Waals surface area contributed by atoms with Crippen LogP contribution >= 0.6 is 12.2 Å². The smallest absolute Gasteiger partial charge is 0.169 e. The zero-order valence-corrected chi connectivity index (χ0v) is 11.6. The van der Waals surface area contributed by atoms with E-state index >= 15 is 0 Å². The van der Waals surface area contributed by atoms with Gasteiger partial charge < -0.3 is 20.3 Å². The summed E-state index contributed by atoms with van der Waals surface area (Å²) in [7, 11) is 1.82. The van der Waals surface area contributed by atoms with Gasteiger partial charge in [-0.05, 0) is 30.3 Å². The largest absolute Gasteiger partial charge is 0.394 e. The van der Waals surface area contributed by atoms with Gasteiger partial charge in [-0.25, -0.2) is 0 Å². The summed E-state index contributed by atoms with van der Waals surface area (Å²) in [5, 5.41) is 14.5. The van der Waals surface area contributed by atoms with Gasteiger partial charge in [0.25, 0.3) is 0 Å². The van der Waals surface area contributed by atoms with E-state index < -0.39 is 0 Å². The van der Waals surface area contributed by atoms with Crippen LogP contribution in [0.25, 0.3) is 10.9 Å². The third kappa shape index (κ3) is 1.99. The number of aliphatic hydroxyl groups excluding tert-OH is 1. The topological polar surface area (TPSA) is 51.3 Å². The molecule has 1 aliphatic rings. The van der Waals surface area contributed by atoms with Gasteiger partial charge in [0.05, 0.1) is 19.2 Å². The molecule has 5 heteroatoms. The highest BCUT2D eigenvalue weighted by molar-refractivity contribution is 7.80. The standard InChI is InChI=1S/C14H17N3OS/c1-15-14(19)17-7-13-11(6-9(17)8-18)10-4-2-3-5-12(10)16-13/h2-5,9,16,18H,6-8H2,1H3,(H,15,19). The molecule has 0 fully saturated rings. The van der Waals surface area contributed by atoms with Crippen LogP contribution in [0.1, 0.15) is 11.3 Å². The first kappa shape index (κ1) is 12.4. The third-order valence-electron chi connectivity index (χ3n) is 3.80. The lowest BCUT2D eigenvalue weighted by atomic mass is 9.97.